The number of carbonyl (C=O) groups excluding carboxylic acids is 1. The predicted molar refractivity (Wildman–Crippen MR) is 109 cm³/mol. The highest BCUT2D eigenvalue weighted by Gasteiger charge is 2.17. The van der Waals surface area contributed by atoms with Crippen LogP contribution in [-0.2, 0) is 0 Å². The first-order valence-electron chi connectivity index (χ1n) is 6.38. The largest absolute Gasteiger partial charge is 0.478 e. The van der Waals surface area contributed by atoms with Crippen LogP contribution in [0, 0.1) is 13.0 Å². The van der Waals surface area contributed by atoms with E-state index in [1.807, 2.05) is 45.2 Å². The zero-order chi connectivity index (χ0) is 17.9. The van der Waals surface area contributed by atoms with Crippen LogP contribution in [0.1, 0.15) is 20.7 Å². The fraction of sp³-hybridized carbons (Fsp3) is 0. The van der Waals surface area contributed by atoms with Gasteiger partial charge in [0.05, 0.1) is 11.3 Å². The third kappa shape index (κ3) is 4.83. The Morgan fingerprint density at radius 2 is 1.75 bits per heavy atom. The van der Waals surface area contributed by atoms with Gasteiger partial charge >= 0.3 is 5.97 Å². The second-order valence-corrected chi connectivity index (χ2v) is 7.35. The van der Waals surface area contributed by atoms with E-state index in [1.54, 1.807) is 6.07 Å². The van der Waals surface area contributed by atoms with Crippen molar-refractivity contribution in [2.75, 3.05) is 5.32 Å². The van der Waals surface area contributed by atoms with Crippen molar-refractivity contribution in [3.05, 3.63) is 60.5 Å². The number of carboxylic acid groups (broad SMARTS) is 1. The molecule has 0 atom stereocenters. The van der Waals surface area contributed by atoms with Crippen LogP contribution < -0.4 is 10.6 Å². The third-order valence-corrected chi connectivity index (χ3v) is 4.54. The number of hydrogen-bond donors (Lipinski definition) is 3. The minimum Gasteiger partial charge on any atom is -0.478 e. The Balaban J connectivity index is 2.17. The van der Waals surface area contributed by atoms with Gasteiger partial charge in [-0.15, -0.1) is 0 Å². The van der Waals surface area contributed by atoms with Crippen LogP contribution in [0.4, 0.5) is 10.1 Å². The molecule has 24 heavy (non-hydrogen) atoms. The molecule has 9 heteroatoms. The summed E-state index contributed by atoms with van der Waals surface area (Å²) in [5.41, 5.74) is 0.578. The van der Waals surface area contributed by atoms with Crippen molar-refractivity contribution < 1.29 is 19.1 Å². The summed E-state index contributed by atoms with van der Waals surface area (Å²) < 4.78 is 14.3. The van der Waals surface area contributed by atoms with Gasteiger partial charge in [0.2, 0.25) is 0 Å². The molecular weight excluding hydrogens is 561 g/mol. The first kappa shape index (κ1) is 19.0. The second kappa shape index (κ2) is 8.16. The molecule has 0 heterocycles. The van der Waals surface area contributed by atoms with E-state index in [2.05, 4.69) is 10.6 Å². The summed E-state index contributed by atoms with van der Waals surface area (Å²) in [4.78, 5) is 23.4. The minimum absolute atomic E-state index is 0.0460. The van der Waals surface area contributed by atoms with Gasteiger partial charge in [-0.25, -0.2) is 9.18 Å². The van der Waals surface area contributed by atoms with Crippen LogP contribution in [0.2, 0.25) is 0 Å². The molecule has 0 aromatic heterocycles. The van der Waals surface area contributed by atoms with Crippen LogP contribution in [0.25, 0.3) is 0 Å². The van der Waals surface area contributed by atoms with Crippen LogP contribution >= 0.6 is 57.4 Å². The normalized spacial score (nSPS) is 10.1. The highest BCUT2D eigenvalue weighted by molar-refractivity contribution is 14.1. The minimum atomic E-state index is -1.11. The van der Waals surface area contributed by atoms with Crippen molar-refractivity contribution >= 4 is 80.1 Å². The number of hydrogen-bond acceptors (Lipinski definition) is 3. The lowest BCUT2D eigenvalue weighted by molar-refractivity contribution is 0.0697. The Labute approximate surface area is 169 Å². The van der Waals surface area contributed by atoms with Crippen LogP contribution in [-0.4, -0.2) is 22.1 Å². The summed E-state index contributed by atoms with van der Waals surface area (Å²) >= 11 is 9.06. The number of benzene rings is 2. The van der Waals surface area contributed by atoms with E-state index in [0.717, 1.165) is 15.7 Å². The fourth-order valence-corrected chi connectivity index (χ4v) is 3.96. The average Bonchev–Trinajstić information content (AvgIpc) is 2.50. The van der Waals surface area contributed by atoms with E-state index in [-0.39, 0.29) is 16.2 Å². The number of carbonyl (C=O) groups is 2. The van der Waals surface area contributed by atoms with E-state index >= 15 is 0 Å². The summed E-state index contributed by atoms with van der Waals surface area (Å²) in [5.74, 6) is -2.08. The summed E-state index contributed by atoms with van der Waals surface area (Å²) in [7, 11) is 0. The van der Waals surface area contributed by atoms with Crippen molar-refractivity contribution in [3.8, 4) is 0 Å². The highest BCUT2D eigenvalue weighted by atomic mass is 127. The van der Waals surface area contributed by atoms with E-state index in [9.17, 15) is 19.1 Å². The molecule has 2 aromatic carbocycles. The molecule has 0 saturated heterocycles. The summed E-state index contributed by atoms with van der Waals surface area (Å²) in [6.45, 7) is 0. The molecule has 3 N–H and O–H groups in total. The van der Waals surface area contributed by atoms with Gasteiger partial charge in [0.15, 0.2) is 5.11 Å². The van der Waals surface area contributed by atoms with Gasteiger partial charge in [-0.3, -0.25) is 10.1 Å². The summed E-state index contributed by atoms with van der Waals surface area (Å²) in [6.07, 6.45) is 0. The standard InChI is InChI=1S/C15H9FI2N2O3S/c16-8-3-1-7(2-4-8)13(21)20-15(24)19-12-10(14(22)23)5-9(17)6-11(12)18/h1-6H,(H,22,23)(H2,19,20,21,24). The fourth-order valence-electron chi connectivity index (χ4n) is 1.79. The van der Waals surface area contributed by atoms with Crippen LogP contribution in [0.3, 0.4) is 0 Å². The molecule has 0 fully saturated rings. The summed E-state index contributed by atoms with van der Waals surface area (Å²) in [6, 6.07) is 8.25. The number of thiocarbonyl (C=S) groups is 1. The van der Waals surface area contributed by atoms with E-state index < -0.39 is 17.7 Å². The molecule has 0 radical (unpaired) electrons. The van der Waals surface area contributed by atoms with Crippen molar-refractivity contribution in [3.63, 3.8) is 0 Å². The molecule has 1 amide bonds. The first-order chi connectivity index (χ1) is 11.3. The molecule has 0 bridgehead atoms. The predicted octanol–water partition coefficient (Wildman–Crippen LogP) is 3.86. The number of aromatic carboxylic acids is 1. The molecule has 0 spiro atoms. The molecule has 0 aliphatic heterocycles. The zero-order valence-corrected chi connectivity index (χ0v) is 16.9. The van der Waals surface area contributed by atoms with Crippen molar-refractivity contribution in [2.24, 2.45) is 0 Å². The van der Waals surface area contributed by atoms with Gasteiger partial charge in [-0.1, -0.05) is 0 Å². The highest BCUT2D eigenvalue weighted by Crippen LogP contribution is 2.26. The smallest absolute Gasteiger partial charge is 0.337 e. The molecule has 0 aliphatic rings. The lowest BCUT2D eigenvalue weighted by Gasteiger charge is -2.14. The van der Waals surface area contributed by atoms with Gasteiger partial charge in [0, 0.05) is 12.7 Å². The number of anilines is 1. The van der Waals surface area contributed by atoms with E-state index in [1.165, 1.54) is 18.2 Å². The van der Waals surface area contributed by atoms with Crippen molar-refractivity contribution in [2.45, 2.75) is 0 Å². The maximum Gasteiger partial charge on any atom is 0.337 e. The number of halogens is 3. The molecule has 5 nitrogen and oxygen atoms in total. The molecule has 124 valence electrons. The number of amides is 1. The Kier molecular flexibility index (Phi) is 6.46. The van der Waals surface area contributed by atoms with Crippen molar-refractivity contribution in [1.29, 1.82) is 0 Å². The van der Waals surface area contributed by atoms with Gasteiger partial charge in [-0.2, -0.15) is 0 Å². The number of nitrogens with one attached hydrogen (secondary N) is 2. The molecule has 2 aromatic rings. The third-order valence-electron chi connectivity index (χ3n) is 2.86. The van der Waals surface area contributed by atoms with E-state index in [0.29, 0.717) is 9.26 Å². The maximum absolute atomic E-state index is 12.9. The van der Waals surface area contributed by atoms with Crippen LogP contribution in [0.5, 0.6) is 0 Å². The van der Waals surface area contributed by atoms with Gasteiger partial charge in [0.25, 0.3) is 5.91 Å². The quantitative estimate of drug-likeness (QED) is 0.386. The monoisotopic (exact) mass is 570 g/mol. The Morgan fingerprint density at radius 3 is 2.33 bits per heavy atom. The first-order valence-corrected chi connectivity index (χ1v) is 8.94. The topological polar surface area (TPSA) is 78.4 Å². The molecular formula is C15H9FI2N2O3S. The number of carboxylic acids is 1. The summed E-state index contributed by atoms with van der Waals surface area (Å²) in [5, 5.41) is 14.4. The van der Waals surface area contributed by atoms with Gasteiger partial charge in [0.1, 0.15) is 5.82 Å². The SMILES string of the molecule is O=C(NC(=S)Nc1c(I)cc(I)cc1C(=O)O)c1ccc(F)cc1. The lowest BCUT2D eigenvalue weighted by Crippen LogP contribution is -2.34. The molecule has 0 aliphatic carbocycles. The Morgan fingerprint density at radius 1 is 1.12 bits per heavy atom. The molecule has 0 saturated carbocycles. The lowest BCUT2D eigenvalue weighted by atomic mass is 10.2. The van der Waals surface area contributed by atoms with Gasteiger partial charge in [-0.05, 0) is 93.8 Å². The number of rotatable bonds is 3. The average molecular weight is 570 g/mol. The molecule has 2 rings (SSSR count). The molecule has 0 unspecified atom stereocenters. The van der Waals surface area contributed by atoms with Crippen molar-refractivity contribution in [1.82, 2.24) is 5.32 Å². The Bertz CT molecular complexity index is 828. The van der Waals surface area contributed by atoms with E-state index in [4.69, 9.17) is 12.2 Å². The zero-order valence-electron chi connectivity index (χ0n) is 11.8. The second-order valence-electron chi connectivity index (χ2n) is 4.53. The van der Waals surface area contributed by atoms with Crippen LogP contribution in [0.15, 0.2) is 36.4 Å². The van der Waals surface area contributed by atoms with Gasteiger partial charge < -0.3 is 10.4 Å². The Hall–Kier alpha value is -1.34. The maximum atomic E-state index is 12.9.